The van der Waals surface area contributed by atoms with Crippen LogP contribution in [0.1, 0.15) is 27.9 Å². The quantitative estimate of drug-likeness (QED) is 0.732. The molecule has 29 heavy (non-hydrogen) atoms. The van der Waals surface area contributed by atoms with Crippen molar-refractivity contribution in [2.45, 2.75) is 19.4 Å². The zero-order valence-electron chi connectivity index (χ0n) is 16.4. The van der Waals surface area contributed by atoms with Gasteiger partial charge in [-0.1, -0.05) is 48.0 Å². The Labute approximate surface area is 171 Å². The first-order valence-electron chi connectivity index (χ1n) is 9.81. The SMILES string of the molecule is Cc1ccc(-c2ccc(C(=O)N3CC[C@H](N)C3)cc2-c2ccc(C#N)cc2)cc1. The molecule has 0 radical (unpaired) electrons. The summed E-state index contributed by atoms with van der Waals surface area (Å²) in [4.78, 5) is 14.8. The minimum atomic E-state index is 0.0169. The second kappa shape index (κ2) is 7.90. The topological polar surface area (TPSA) is 70.1 Å². The summed E-state index contributed by atoms with van der Waals surface area (Å²) in [5.41, 5.74) is 12.6. The van der Waals surface area contributed by atoms with Gasteiger partial charge in [0.05, 0.1) is 11.6 Å². The molecule has 3 aromatic rings. The van der Waals surface area contributed by atoms with Crippen LogP contribution in [0, 0.1) is 18.3 Å². The van der Waals surface area contributed by atoms with E-state index in [2.05, 4.69) is 37.3 Å². The minimum Gasteiger partial charge on any atom is -0.337 e. The Morgan fingerprint density at radius 3 is 2.28 bits per heavy atom. The van der Waals surface area contributed by atoms with Crippen molar-refractivity contribution in [2.75, 3.05) is 13.1 Å². The third-order valence-electron chi connectivity index (χ3n) is 5.47. The maximum Gasteiger partial charge on any atom is 0.253 e. The predicted molar refractivity (Wildman–Crippen MR) is 115 cm³/mol. The number of hydrogen-bond acceptors (Lipinski definition) is 3. The fourth-order valence-electron chi connectivity index (χ4n) is 3.78. The van der Waals surface area contributed by atoms with E-state index in [-0.39, 0.29) is 11.9 Å². The van der Waals surface area contributed by atoms with Gasteiger partial charge in [-0.05, 0) is 59.9 Å². The van der Waals surface area contributed by atoms with Crippen LogP contribution in [0.25, 0.3) is 22.3 Å². The number of aryl methyl sites for hydroxylation is 1. The van der Waals surface area contributed by atoms with Crippen molar-refractivity contribution in [3.8, 4) is 28.3 Å². The molecular weight excluding hydrogens is 358 g/mol. The number of nitriles is 1. The number of amides is 1. The molecule has 1 atom stereocenters. The number of rotatable bonds is 3. The molecule has 4 nitrogen and oxygen atoms in total. The van der Waals surface area contributed by atoms with Crippen LogP contribution in [-0.2, 0) is 0 Å². The van der Waals surface area contributed by atoms with Gasteiger partial charge in [-0.25, -0.2) is 0 Å². The Morgan fingerprint density at radius 1 is 1.00 bits per heavy atom. The van der Waals surface area contributed by atoms with Crippen LogP contribution in [0.3, 0.4) is 0 Å². The maximum atomic E-state index is 13.0. The first-order valence-corrected chi connectivity index (χ1v) is 9.81. The molecule has 1 aliphatic heterocycles. The Balaban J connectivity index is 1.79. The molecule has 0 spiro atoms. The van der Waals surface area contributed by atoms with Gasteiger partial charge in [0.1, 0.15) is 0 Å². The molecule has 4 heteroatoms. The van der Waals surface area contributed by atoms with E-state index in [0.717, 1.165) is 28.7 Å². The van der Waals surface area contributed by atoms with Gasteiger partial charge in [0.25, 0.3) is 5.91 Å². The third kappa shape index (κ3) is 3.91. The second-order valence-electron chi connectivity index (χ2n) is 7.62. The molecule has 1 amide bonds. The van der Waals surface area contributed by atoms with Crippen molar-refractivity contribution in [1.29, 1.82) is 5.26 Å². The molecule has 0 aliphatic carbocycles. The van der Waals surface area contributed by atoms with Crippen LogP contribution in [0.2, 0.25) is 0 Å². The molecule has 3 aromatic carbocycles. The number of likely N-dealkylation sites (tertiary alicyclic amines) is 1. The van der Waals surface area contributed by atoms with Gasteiger partial charge >= 0.3 is 0 Å². The molecule has 2 N–H and O–H groups in total. The minimum absolute atomic E-state index is 0.0169. The first kappa shape index (κ1) is 18.9. The number of benzene rings is 3. The van der Waals surface area contributed by atoms with E-state index in [1.54, 1.807) is 0 Å². The molecule has 0 unspecified atom stereocenters. The number of nitrogens with two attached hydrogens (primary N) is 1. The van der Waals surface area contributed by atoms with Gasteiger partial charge in [0, 0.05) is 24.7 Å². The molecule has 4 rings (SSSR count). The van der Waals surface area contributed by atoms with E-state index >= 15 is 0 Å². The third-order valence-corrected chi connectivity index (χ3v) is 5.47. The van der Waals surface area contributed by atoms with Gasteiger partial charge in [0.2, 0.25) is 0 Å². The molecule has 0 aromatic heterocycles. The van der Waals surface area contributed by atoms with Crippen LogP contribution < -0.4 is 5.73 Å². The lowest BCUT2D eigenvalue weighted by atomic mass is 9.92. The van der Waals surface area contributed by atoms with E-state index in [4.69, 9.17) is 11.0 Å². The molecule has 1 heterocycles. The summed E-state index contributed by atoms with van der Waals surface area (Å²) in [5.74, 6) is 0.0169. The highest BCUT2D eigenvalue weighted by molar-refractivity contribution is 5.98. The smallest absolute Gasteiger partial charge is 0.253 e. The summed E-state index contributed by atoms with van der Waals surface area (Å²) < 4.78 is 0. The summed E-state index contributed by atoms with van der Waals surface area (Å²) in [6.45, 7) is 3.37. The fourth-order valence-corrected chi connectivity index (χ4v) is 3.78. The molecule has 1 aliphatic rings. The Kier molecular flexibility index (Phi) is 5.16. The van der Waals surface area contributed by atoms with Crippen molar-refractivity contribution in [3.63, 3.8) is 0 Å². The predicted octanol–water partition coefficient (Wildman–Crippen LogP) is 4.37. The summed E-state index contributed by atoms with van der Waals surface area (Å²) in [7, 11) is 0. The van der Waals surface area contributed by atoms with E-state index in [0.29, 0.717) is 24.2 Å². The lowest BCUT2D eigenvalue weighted by molar-refractivity contribution is 0.0791. The number of carbonyl (C=O) groups excluding carboxylic acids is 1. The van der Waals surface area contributed by atoms with Gasteiger partial charge < -0.3 is 10.6 Å². The van der Waals surface area contributed by atoms with Gasteiger partial charge in [-0.3, -0.25) is 4.79 Å². The highest BCUT2D eigenvalue weighted by Gasteiger charge is 2.25. The number of hydrogen-bond donors (Lipinski definition) is 1. The lowest BCUT2D eigenvalue weighted by Crippen LogP contribution is -2.31. The second-order valence-corrected chi connectivity index (χ2v) is 7.62. The Morgan fingerprint density at radius 2 is 1.66 bits per heavy atom. The van der Waals surface area contributed by atoms with Crippen LogP contribution in [0.5, 0.6) is 0 Å². The molecule has 1 fully saturated rings. The van der Waals surface area contributed by atoms with E-state index in [1.165, 1.54) is 5.56 Å². The summed E-state index contributed by atoms with van der Waals surface area (Å²) >= 11 is 0. The zero-order chi connectivity index (χ0) is 20.4. The van der Waals surface area contributed by atoms with Crippen molar-refractivity contribution >= 4 is 5.91 Å². The average molecular weight is 381 g/mol. The molecule has 0 bridgehead atoms. The van der Waals surface area contributed by atoms with Gasteiger partial charge in [0.15, 0.2) is 0 Å². The lowest BCUT2D eigenvalue weighted by Gasteiger charge is -2.18. The van der Waals surface area contributed by atoms with Crippen LogP contribution >= 0.6 is 0 Å². The molecule has 144 valence electrons. The first-order chi connectivity index (χ1) is 14.0. The summed E-state index contributed by atoms with van der Waals surface area (Å²) in [6.07, 6.45) is 0.843. The van der Waals surface area contributed by atoms with Crippen molar-refractivity contribution < 1.29 is 4.79 Å². The normalized spacial score (nSPS) is 15.9. The standard InChI is InChI=1S/C25H23N3O/c1-17-2-6-19(7-3-17)23-11-10-21(25(29)28-13-12-22(27)16-28)14-24(23)20-8-4-18(15-26)5-9-20/h2-11,14,22H,12-13,16,27H2,1H3/t22-/m0/s1. The van der Waals surface area contributed by atoms with E-state index in [1.807, 2.05) is 47.4 Å². The van der Waals surface area contributed by atoms with Gasteiger partial charge in [-0.15, -0.1) is 0 Å². The molecule has 0 saturated carbocycles. The van der Waals surface area contributed by atoms with E-state index < -0.39 is 0 Å². The maximum absolute atomic E-state index is 13.0. The molecule has 1 saturated heterocycles. The van der Waals surface area contributed by atoms with Crippen LogP contribution in [-0.4, -0.2) is 29.9 Å². The summed E-state index contributed by atoms with van der Waals surface area (Å²) in [6, 6.07) is 23.9. The van der Waals surface area contributed by atoms with E-state index in [9.17, 15) is 4.79 Å². The highest BCUT2D eigenvalue weighted by Crippen LogP contribution is 2.34. The van der Waals surface area contributed by atoms with Crippen LogP contribution in [0.4, 0.5) is 0 Å². The number of carbonyl (C=O) groups is 1. The summed E-state index contributed by atoms with van der Waals surface area (Å²) in [5, 5.41) is 9.11. The van der Waals surface area contributed by atoms with Gasteiger partial charge in [-0.2, -0.15) is 5.26 Å². The number of nitrogens with zero attached hydrogens (tertiary/aromatic N) is 2. The highest BCUT2D eigenvalue weighted by atomic mass is 16.2. The average Bonchev–Trinajstić information content (AvgIpc) is 3.20. The molecular formula is C25H23N3O. The Bertz CT molecular complexity index is 1080. The van der Waals surface area contributed by atoms with Crippen molar-refractivity contribution in [3.05, 3.63) is 83.4 Å². The largest absolute Gasteiger partial charge is 0.337 e. The van der Waals surface area contributed by atoms with Crippen molar-refractivity contribution in [2.24, 2.45) is 5.73 Å². The Hall–Kier alpha value is -3.42. The van der Waals surface area contributed by atoms with Crippen molar-refractivity contribution in [1.82, 2.24) is 4.90 Å². The zero-order valence-corrected chi connectivity index (χ0v) is 16.4. The van der Waals surface area contributed by atoms with Crippen LogP contribution in [0.15, 0.2) is 66.7 Å². The monoisotopic (exact) mass is 381 g/mol. The fraction of sp³-hybridized carbons (Fsp3) is 0.200.